The second-order valence-corrected chi connectivity index (χ2v) is 6.89. The van der Waals surface area contributed by atoms with E-state index in [1.54, 1.807) is 10.8 Å². The van der Waals surface area contributed by atoms with Gasteiger partial charge in [0.15, 0.2) is 0 Å². The molecular weight excluding hydrogens is 340 g/mol. The molecule has 1 aromatic carbocycles. The monoisotopic (exact) mass is 362 g/mol. The molecule has 1 amide bonds. The summed E-state index contributed by atoms with van der Waals surface area (Å²) in [5, 5.41) is 7.23. The van der Waals surface area contributed by atoms with Crippen LogP contribution < -0.4 is 16.2 Å². The summed E-state index contributed by atoms with van der Waals surface area (Å²) in [6.07, 6.45) is 8.01. The number of nitrogens with one attached hydrogen (secondary N) is 3. The van der Waals surface area contributed by atoms with Crippen molar-refractivity contribution < 1.29 is 4.79 Å². The van der Waals surface area contributed by atoms with Gasteiger partial charge in [-0.05, 0) is 37.6 Å². The maximum absolute atomic E-state index is 12.7. The molecule has 1 aliphatic heterocycles. The van der Waals surface area contributed by atoms with Crippen LogP contribution in [0.2, 0.25) is 0 Å². The fourth-order valence-corrected chi connectivity index (χ4v) is 3.52. The second kappa shape index (κ2) is 6.79. The zero-order valence-electron chi connectivity index (χ0n) is 15.4. The van der Waals surface area contributed by atoms with Crippen molar-refractivity contribution >= 4 is 28.2 Å². The van der Waals surface area contributed by atoms with E-state index in [2.05, 4.69) is 15.6 Å². The molecule has 3 aromatic rings. The Morgan fingerprint density at radius 3 is 2.89 bits per heavy atom. The number of amides is 1. The van der Waals surface area contributed by atoms with Crippen molar-refractivity contribution in [1.82, 2.24) is 9.55 Å². The number of aromatic amines is 1. The summed E-state index contributed by atoms with van der Waals surface area (Å²) in [7, 11) is 0. The number of benzene rings is 1. The topological polar surface area (TPSA) is 78.9 Å². The molecule has 0 aliphatic carbocycles. The highest BCUT2D eigenvalue weighted by Crippen LogP contribution is 2.34. The molecule has 0 fully saturated rings. The first-order chi connectivity index (χ1) is 13.1. The largest absolute Gasteiger partial charge is 0.380 e. The van der Waals surface area contributed by atoms with Crippen LogP contribution in [0.4, 0.5) is 11.4 Å². The first kappa shape index (κ1) is 17.1. The molecule has 1 atom stereocenters. The second-order valence-electron chi connectivity index (χ2n) is 6.89. The lowest BCUT2D eigenvalue weighted by molar-refractivity contribution is -0.116. The molecule has 6 nitrogen and oxygen atoms in total. The molecule has 3 heterocycles. The number of carbonyl (C=O) groups is 1. The van der Waals surface area contributed by atoms with Gasteiger partial charge in [-0.15, -0.1) is 0 Å². The van der Waals surface area contributed by atoms with Gasteiger partial charge in [-0.25, -0.2) is 0 Å². The fourth-order valence-electron chi connectivity index (χ4n) is 3.52. The fraction of sp³-hybridized carbons (Fsp3) is 0.238. The van der Waals surface area contributed by atoms with Gasteiger partial charge in [0, 0.05) is 42.4 Å². The molecule has 0 saturated heterocycles. The van der Waals surface area contributed by atoms with E-state index in [0.717, 1.165) is 27.9 Å². The van der Waals surface area contributed by atoms with Crippen molar-refractivity contribution in [1.29, 1.82) is 0 Å². The first-order valence-electron chi connectivity index (χ1n) is 9.09. The normalized spacial score (nSPS) is 16.8. The third-order valence-electron chi connectivity index (χ3n) is 4.83. The number of pyridine rings is 1. The zero-order valence-corrected chi connectivity index (χ0v) is 15.4. The molecule has 2 aromatic heterocycles. The SMILES string of the molecule is C/C=C/Cn1cc(-c2ccc3c(c2)NC(C)CC(=O)N3)c2cc[nH]c2c1=O. The number of carbonyl (C=O) groups excluding carboxylic acids is 1. The Hall–Kier alpha value is -3.28. The van der Waals surface area contributed by atoms with Gasteiger partial charge in [-0.1, -0.05) is 18.2 Å². The van der Waals surface area contributed by atoms with E-state index in [4.69, 9.17) is 0 Å². The molecule has 138 valence electrons. The third kappa shape index (κ3) is 3.14. The number of rotatable bonds is 3. The van der Waals surface area contributed by atoms with E-state index in [1.807, 2.05) is 56.5 Å². The molecule has 0 spiro atoms. The van der Waals surface area contributed by atoms with Crippen LogP contribution in [0, 0.1) is 0 Å². The molecule has 4 rings (SSSR count). The maximum atomic E-state index is 12.7. The summed E-state index contributed by atoms with van der Waals surface area (Å²) in [4.78, 5) is 27.7. The van der Waals surface area contributed by atoms with Crippen LogP contribution in [0.5, 0.6) is 0 Å². The van der Waals surface area contributed by atoms with Crippen LogP contribution in [-0.2, 0) is 11.3 Å². The van der Waals surface area contributed by atoms with Crippen LogP contribution in [0.15, 0.2) is 53.6 Å². The Labute approximate surface area is 156 Å². The standard InChI is InChI=1S/C21H22N4O2/c1-3-4-9-25-12-16(15-7-8-22-20(15)21(25)27)14-5-6-17-18(11-14)23-13(2)10-19(26)24-17/h3-8,11-13,22-23H,9-10H2,1-2H3,(H,24,26)/b4-3+. The Morgan fingerprint density at radius 1 is 1.22 bits per heavy atom. The first-order valence-corrected chi connectivity index (χ1v) is 9.09. The number of hydrogen-bond acceptors (Lipinski definition) is 3. The maximum Gasteiger partial charge on any atom is 0.275 e. The lowest BCUT2D eigenvalue weighted by Gasteiger charge is -2.15. The molecule has 1 unspecified atom stereocenters. The van der Waals surface area contributed by atoms with E-state index in [1.165, 1.54) is 0 Å². The average Bonchev–Trinajstić information content (AvgIpc) is 3.07. The lowest BCUT2D eigenvalue weighted by atomic mass is 10.0. The highest BCUT2D eigenvalue weighted by atomic mass is 16.1. The summed E-state index contributed by atoms with van der Waals surface area (Å²) in [6.45, 7) is 4.45. The zero-order chi connectivity index (χ0) is 19.0. The minimum Gasteiger partial charge on any atom is -0.380 e. The van der Waals surface area contributed by atoms with Gasteiger partial charge in [0.05, 0.1) is 11.4 Å². The highest BCUT2D eigenvalue weighted by Gasteiger charge is 2.19. The van der Waals surface area contributed by atoms with E-state index in [0.29, 0.717) is 18.5 Å². The lowest BCUT2D eigenvalue weighted by Crippen LogP contribution is -2.19. The Balaban J connectivity index is 1.87. The van der Waals surface area contributed by atoms with Crippen molar-refractivity contribution in [3.63, 3.8) is 0 Å². The van der Waals surface area contributed by atoms with E-state index in [-0.39, 0.29) is 17.5 Å². The highest BCUT2D eigenvalue weighted by molar-refractivity contribution is 5.99. The average molecular weight is 362 g/mol. The van der Waals surface area contributed by atoms with Gasteiger partial charge in [0.1, 0.15) is 5.52 Å². The molecule has 0 bridgehead atoms. The Kier molecular flexibility index (Phi) is 4.32. The molecule has 27 heavy (non-hydrogen) atoms. The molecular formula is C21H22N4O2. The number of nitrogens with zero attached hydrogens (tertiary/aromatic N) is 1. The predicted octanol–water partition coefficient (Wildman–Crippen LogP) is 3.72. The summed E-state index contributed by atoms with van der Waals surface area (Å²) in [6, 6.07) is 7.90. The Morgan fingerprint density at radius 2 is 2.07 bits per heavy atom. The number of aromatic nitrogens is 2. The third-order valence-corrected chi connectivity index (χ3v) is 4.83. The van der Waals surface area contributed by atoms with Gasteiger partial charge >= 0.3 is 0 Å². The molecule has 3 N–H and O–H groups in total. The van der Waals surface area contributed by atoms with E-state index in [9.17, 15) is 9.59 Å². The summed E-state index contributed by atoms with van der Waals surface area (Å²) < 4.78 is 1.71. The van der Waals surface area contributed by atoms with Gasteiger partial charge < -0.3 is 20.2 Å². The number of H-pyrrole nitrogens is 1. The van der Waals surface area contributed by atoms with E-state index >= 15 is 0 Å². The van der Waals surface area contributed by atoms with Gasteiger partial charge in [-0.3, -0.25) is 9.59 Å². The Bertz CT molecular complexity index is 1110. The molecule has 0 saturated carbocycles. The predicted molar refractivity (Wildman–Crippen MR) is 109 cm³/mol. The van der Waals surface area contributed by atoms with Crippen LogP contribution in [0.25, 0.3) is 22.0 Å². The summed E-state index contributed by atoms with van der Waals surface area (Å²) in [5.74, 6) is 0.00873. The molecule has 0 radical (unpaired) electrons. The van der Waals surface area contributed by atoms with Crippen molar-refractivity contribution in [2.45, 2.75) is 32.9 Å². The molecule has 1 aliphatic rings. The van der Waals surface area contributed by atoms with Crippen LogP contribution in [-0.4, -0.2) is 21.5 Å². The van der Waals surface area contributed by atoms with Crippen LogP contribution >= 0.6 is 0 Å². The van der Waals surface area contributed by atoms with Crippen molar-refractivity contribution in [3.8, 4) is 11.1 Å². The van der Waals surface area contributed by atoms with Crippen molar-refractivity contribution in [2.75, 3.05) is 10.6 Å². The van der Waals surface area contributed by atoms with Gasteiger partial charge in [0.2, 0.25) is 5.91 Å². The minimum atomic E-state index is -0.0365. The smallest absolute Gasteiger partial charge is 0.275 e. The number of hydrogen-bond donors (Lipinski definition) is 3. The van der Waals surface area contributed by atoms with E-state index < -0.39 is 0 Å². The number of fused-ring (bicyclic) bond motifs is 2. The van der Waals surface area contributed by atoms with Gasteiger partial charge in [0.25, 0.3) is 5.56 Å². The molecule has 6 heteroatoms. The quantitative estimate of drug-likeness (QED) is 0.622. The van der Waals surface area contributed by atoms with Crippen molar-refractivity contribution in [2.24, 2.45) is 0 Å². The summed E-state index contributed by atoms with van der Waals surface area (Å²) >= 11 is 0. The minimum absolute atomic E-state index is 0.00873. The van der Waals surface area contributed by atoms with Crippen LogP contribution in [0.3, 0.4) is 0 Å². The van der Waals surface area contributed by atoms with Crippen LogP contribution in [0.1, 0.15) is 20.3 Å². The van der Waals surface area contributed by atoms with Crippen molar-refractivity contribution in [3.05, 3.63) is 59.2 Å². The number of anilines is 2. The summed E-state index contributed by atoms with van der Waals surface area (Å²) in [5.41, 5.74) is 4.19. The van der Waals surface area contributed by atoms with Gasteiger partial charge in [-0.2, -0.15) is 0 Å². The number of allylic oxidation sites excluding steroid dienone is 2.